The van der Waals surface area contributed by atoms with Crippen molar-refractivity contribution in [1.29, 1.82) is 0 Å². The number of nitrogens with one attached hydrogen (secondary N) is 1. The fraction of sp³-hybridized carbons (Fsp3) is 0.0526. The van der Waals surface area contributed by atoms with Gasteiger partial charge >= 0.3 is 8.03 Å². The van der Waals surface area contributed by atoms with Crippen molar-refractivity contribution < 1.29 is 9.46 Å². The van der Waals surface area contributed by atoms with Crippen LogP contribution in [0.3, 0.4) is 0 Å². The second-order valence-electron chi connectivity index (χ2n) is 5.22. The molecule has 3 rings (SSSR count). The van der Waals surface area contributed by atoms with Crippen molar-refractivity contribution in [3.05, 3.63) is 96.1 Å². The first-order valence-corrected chi connectivity index (χ1v) is 8.58. The van der Waals surface area contributed by atoms with Gasteiger partial charge < -0.3 is 5.32 Å². The van der Waals surface area contributed by atoms with Crippen LogP contribution in [0.4, 0.5) is 5.69 Å². The lowest BCUT2D eigenvalue weighted by molar-refractivity contribution is 0.513. The average molecular weight is 322 g/mol. The van der Waals surface area contributed by atoms with Crippen molar-refractivity contribution in [2.75, 3.05) is 5.32 Å². The smallest absolute Gasteiger partial charge is 0.374 e. The molecule has 3 aromatic rings. The molecule has 2 atom stereocenters. The first kappa shape index (κ1) is 15.4. The Kier molecular flexibility index (Phi) is 4.82. The first-order chi connectivity index (χ1) is 11.2. The van der Waals surface area contributed by atoms with Gasteiger partial charge in [0.05, 0.1) is 6.04 Å². The molecule has 0 heterocycles. The fourth-order valence-electron chi connectivity index (χ4n) is 2.50. The zero-order chi connectivity index (χ0) is 16.1. The lowest BCUT2D eigenvalue weighted by Gasteiger charge is -2.21. The Labute approximate surface area is 136 Å². The molecule has 114 valence electrons. The highest BCUT2D eigenvalue weighted by Crippen LogP contribution is 2.27. The average Bonchev–Trinajstić information content (AvgIpc) is 2.61. The third kappa shape index (κ3) is 3.84. The van der Waals surface area contributed by atoms with Crippen LogP contribution in [0.25, 0.3) is 0 Å². The lowest BCUT2D eigenvalue weighted by Crippen LogP contribution is -2.13. The largest absolute Gasteiger partial charge is 0.546 e. The van der Waals surface area contributed by atoms with Crippen molar-refractivity contribution in [2.45, 2.75) is 6.04 Å². The van der Waals surface area contributed by atoms with E-state index >= 15 is 0 Å². The molecule has 0 aliphatic rings. The molecule has 2 N–H and O–H groups in total. The Hall–Kier alpha value is -2.48. The predicted octanol–water partition coefficient (Wildman–Crippen LogP) is 4.25. The van der Waals surface area contributed by atoms with Crippen molar-refractivity contribution in [3.63, 3.8) is 0 Å². The number of rotatable bonds is 5. The van der Waals surface area contributed by atoms with E-state index in [1.54, 1.807) is 12.1 Å². The third-order valence-electron chi connectivity index (χ3n) is 3.66. The van der Waals surface area contributed by atoms with Gasteiger partial charge in [-0.25, -0.2) is 0 Å². The summed E-state index contributed by atoms with van der Waals surface area (Å²) in [6.45, 7) is 0. The van der Waals surface area contributed by atoms with Crippen LogP contribution in [0.2, 0.25) is 0 Å². The number of anilines is 1. The minimum absolute atomic E-state index is 0.0239. The second-order valence-corrected chi connectivity index (χ2v) is 6.28. The molecule has 0 bridgehead atoms. The fourth-order valence-corrected chi connectivity index (χ4v) is 2.90. The summed E-state index contributed by atoms with van der Waals surface area (Å²) in [5, 5.41) is 3.97. The van der Waals surface area contributed by atoms with E-state index in [9.17, 15) is 9.46 Å². The van der Waals surface area contributed by atoms with Gasteiger partial charge in [0.1, 0.15) is 0 Å². The van der Waals surface area contributed by atoms with E-state index in [1.807, 2.05) is 60.7 Å². The molecular weight excluding hydrogens is 305 g/mol. The molecule has 0 amide bonds. The number of hydrogen-bond donors (Lipinski definition) is 2. The van der Waals surface area contributed by atoms with Crippen LogP contribution in [0.15, 0.2) is 84.9 Å². The van der Waals surface area contributed by atoms with Gasteiger partial charge in [0, 0.05) is 5.69 Å². The highest BCUT2D eigenvalue weighted by Gasteiger charge is 2.18. The SMILES string of the molecule is O=[P+](O)c1ccc(C(Nc2ccccc2)c2ccccc2)cc1. The summed E-state index contributed by atoms with van der Waals surface area (Å²) >= 11 is 0. The van der Waals surface area contributed by atoms with Gasteiger partial charge in [-0.1, -0.05) is 60.7 Å². The molecule has 0 fully saturated rings. The molecule has 2 unspecified atom stereocenters. The summed E-state index contributed by atoms with van der Waals surface area (Å²) in [6.07, 6.45) is 0. The van der Waals surface area contributed by atoms with Crippen molar-refractivity contribution in [1.82, 2.24) is 0 Å². The molecule has 0 aromatic heterocycles. The highest BCUT2D eigenvalue weighted by atomic mass is 31.1. The van der Waals surface area contributed by atoms with Crippen LogP contribution in [-0.2, 0) is 4.57 Å². The molecule has 3 nitrogen and oxygen atoms in total. The summed E-state index contributed by atoms with van der Waals surface area (Å²) in [4.78, 5) is 9.20. The number of benzene rings is 3. The summed E-state index contributed by atoms with van der Waals surface area (Å²) in [5.41, 5.74) is 3.21. The van der Waals surface area contributed by atoms with Gasteiger partial charge in [0.25, 0.3) is 0 Å². The van der Waals surface area contributed by atoms with E-state index in [-0.39, 0.29) is 6.04 Å². The lowest BCUT2D eigenvalue weighted by atomic mass is 9.98. The van der Waals surface area contributed by atoms with Crippen LogP contribution in [0, 0.1) is 0 Å². The predicted molar refractivity (Wildman–Crippen MR) is 94.3 cm³/mol. The van der Waals surface area contributed by atoms with Gasteiger partial charge in [0.15, 0.2) is 0 Å². The Morgan fingerprint density at radius 1 is 0.739 bits per heavy atom. The van der Waals surface area contributed by atoms with Gasteiger partial charge in [0.2, 0.25) is 5.30 Å². The maximum Gasteiger partial charge on any atom is 0.546 e. The van der Waals surface area contributed by atoms with Crippen LogP contribution in [0.5, 0.6) is 0 Å². The molecule has 23 heavy (non-hydrogen) atoms. The van der Waals surface area contributed by atoms with E-state index in [2.05, 4.69) is 17.4 Å². The Bertz CT molecular complexity index is 773. The van der Waals surface area contributed by atoms with Crippen LogP contribution in [-0.4, -0.2) is 4.89 Å². The molecule has 0 aliphatic heterocycles. The molecule has 4 heteroatoms. The molecule has 0 spiro atoms. The summed E-state index contributed by atoms with van der Waals surface area (Å²) in [7, 11) is -2.30. The molecule has 0 saturated heterocycles. The minimum atomic E-state index is -2.30. The number of hydrogen-bond acceptors (Lipinski definition) is 2. The van der Waals surface area contributed by atoms with E-state index in [1.165, 1.54) is 0 Å². The number of para-hydroxylation sites is 1. The molecular formula is C19H17NO2P+. The topological polar surface area (TPSA) is 49.3 Å². The van der Waals surface area contributed by atoms with Gasteiger partial charge in [-0.15, -0.1) is 0 Å². The Balaban J connectivity index is 1.96. The molecule has 0 saturated carbocycles. The van der Waals surface area contributed by atoms with Crippen molar-refractivity contribution >= 4 is 19.0 Å². The quantitative estimate of drug-likeness (QED) is 0.691. The summed E-state index contributed by atoms with van der Waals surface area (Å²) < 4.78 is 11.2. The molecule has 3 aromatic carbocycles. The zero-order valence-electron chi connectivity index (χ0n) is 12.5. The summed E-state index contributed by atoms with van der Waals surface area (Å²) in [6, 6.07) is 27.3. The summed E-state index contributed by atoms with van der Waals surface area (Å²) in [5.74, 6) is 0. The standard InChI is InChI=1S/C19H16NO2P/c21-23(22)18-13-11-16(12-14-18)19(15-7-3-1-4-8-15)20-17-9-5-2-6-10-17/h1-14,19-20H/p+1. The Morgan fingerprint density at radius 3 is 1.83 bits per heavy atom. The Morgan fingerprint density at radius 2 is 1.26 bits per heavy atom. The van der Waals surface area contributed by atoms with Crippen LogP contribution < -0.4 is 10.6 Å². The van der Waals surface area contributed by atoms with Crippen LogP contribution >= 0.6 is 8.03 Å². The minimum Gasteiger partial charge on any atom is -0.374 e. The maximum atomic E-state index is 11.2. The van der Waals surface area contributed by atoms with Crippen molar-refractivity contribution in [3.8, 4) is 0 Å². The zero-order valence-corrected chi connectivity index (χ0v) is 13.4. The van der Waals surface area contributed by atoms with E-state index < -0.39 is 8.03 Å². The second kappa shape index (κ2) is 7.19. The normalized spacial score (nSPS) is 12.5. The van der Waals surface area contributed by atoms with Crippen LogP contribution in [0.1, 0.15) is 17.2 Å². The highest BCUT2D eigenvalue weighted by molar-refractivity contribution is 7.47. The first-order valence-electron chi connectivity index (χ1n) is 7.36. The van der Waals surface area contributed by atoms with E-state index in [0.29, 0.717) is 5.30 Å². The third-order valence-corrected chi connectivity index (χ3v) is 4.40. The monoisotopic (exact) mass is 322 g/mol. The molecule has 0 radical (unpaired) electrons. The maximum absolute atomic E-state index is 11.2. The van der Waals surface area contributed by atoms with Gasteiger partial charge in [-0.2, -0.15) is 4.89 Å². The van der Waals surface area contributed by atoms with E-state index in [0.717, 1.165) is 16.8 Å². The van der Waals surface area contributed by atoms with Crippen molar-refractivity contribution in [2.24, 2.45) is 0 Å². The van der Waals surface area contributed by atoms with Gasteiger partial charge in [-0.05, 0) is 40.0 Å². The van der Waals surface area contributed by atoms with E-state index in [4.69, 9.17) is 0 Å². The van der Waals surface area contributed by atoms with Gasteiger partial charge in [-0.3, -0.25) is 0 Å². The molecule has 0 aliphatic carbocycles.